The quantitative estimate of drug-likeness (QED) is 0.877. The second-order valence-corrected chi connectivity index (χ2v) is 6.84. The maximum absolute atomic E-state index is 6.07. The maximum atomic E-state index is 6.07. The molecule has 4 nitrogen and oxygen atoms in total. The third-order valence-corrected chi connectivity index (χ3v) is 5.28. The van der Waals surface area contributed by atoms with Crippen LogP contribution in [0.15, 0.2) is 42.5 Å². The number of rotatable bonds is 6. The predicted molar refractivity (Wildman–Crippen MR) is 101 cm³/mol. The molecule has 0 unspecified atom stereocenters. The highest BCUT2D eigenvalue weighted by molar-refractivity contribution is 5.47. The summed E-state index contributed by atoms with van der Waals surface area (Å²) in [5.41, 5.74) is 9.97. The number of nitrogens with zero attached hydrogens (tertiary/aromatic N) is 1. The molecule has 2 aromatic rings. The summed E-state index contributed by atoms with van der Waals surface area (Å²) in [6, 6.07) is 14.9. The first-order valence-electron chi connectivity index (χ1n) is 8.85. The summed E-state index contributed by atoms with van der Waals surface area (Å²) in [4.78, 5) is 2.50. The van der Waals surface area contributed by atoms with Crippen LogP contribution in [0.1, 0.15) is 22.6 Å². The monoisotopic (exact) mass is 340 g/mol. The van der Waals surface area contributed by atoms with Crippen molar-refractivity contribution in [2.75, 3.05) is 33.9 Å². The smallest absolute Gasteiger partial charge is 0.161 e. The summed E-state index contributed by atoms with van der Waals surface area (Å²) in [6.45, 7) is 5.83. The van der Waals surface area contributed by atoms with Gasteiger partial charge in [-0.05, 0) is 48.2 Å². The molecule has 134 valence electrons. The fourth-order valence-electron chi connectivity index (χ4n) is 3.84. The number of methoxy groups -OCH3 is 2. The predicted octanol–water partition coefficient (Wildman–Crippen LogP) is 3.19. The zero-order valence-electron chi connectivity index (χ0n) is 15.4. The summed E-state index contributed by atoms with van der Waals surface area (Å²) in [7, 11) is 3.36. The maximum Gasteiger partial charge on any atom is 0.161 e. The summed E-state index contributed by atoms with van der Waals surface area (Å²) in [5.74, 6) is 2.58. The summed E-state index contributed by atoms with van der Waals surface area (Å²) in [5, 5.41) is 0. The van der Waals surface area contributed by atoms with Crippen LogP contribution in [0.3, 0.4) is 0 Å². The number of likely N-dealkylation sites (tertiary alicyclic amines) is 1. The van der Waals surface area contributed by atoms with E-state index in [9.17, 15) is 0 Å². The van der Waals surface area contributed by atoms with Crippen molar-refractivity contribution in [1.29, 1.82) is 0 Å². The van der Waals surface area contributed by atoms with Gasteiger partial charge in [0.05, 0.1) is 14.2 Å². The van der Waals surface area contributed by atoms with E-state index < -0.39 is 0 Å². The Morgan fingerprint density at radius 3 is 2.36 bits per heavy atom. The molecule has 0 amide bonds. The molecule has 0 radical (unpaired) electrons. The molecule has 2 N–H and O–H groups in total. The molecule has 0 aliphatic carbocycles. The Morgan fingerprint density at radius 1 is 1.04 bits per heavy atom. The van der Waals surface area contributed by atoms with Crippen LogP contribution >= 0.6 is 0 Å². The van der Waals surface area contributed by atoms with Gasteiger partial charge in [-0.25, -0.2) is 0 Å². The van der Waals surface area contributed by atoms with Crippen molar-refractivity contribution >= 4 is 0 Å². The Labute approximate surface area is 150 Å². The molecule has 0 bridgehead atoms. The number of nitrogens with two attached hydrogens (primary N) is 1. The van der Waals surface area contributed by atoms with E-state index in [-0.39, 0.29) is 0 Å². The molecule has 1 aliphatic heterocycles. The van der Waals surface area contributed by atoms with Crippen molar-refractivity contribution in [2.45, 2.75) is 19.4 Å². The van der Waals surface area contributed by atoms with Crippen LogP contribution in [0.25, 0.3) is 0 Å². The molecule has 1 heterocycles. The minimum Gasteiger partial charge on any atom is -0.493 e. The lowest BCUT2D eigenvalue weighted by Gasteiger charge is -2.19. The van der Waals surface area contributed by atoms with Crippen LogP contribution < -0.4 is 15.2 Å². The average Bonchev–Trinajstić information content (AvgIpc) is 3.06. The normalized spacial score (nSPS) is 20.6. The first-order valence-corrected chi connectivity index (χ1v) is 8.85. The molecule has 1 aliphatic rings. The minimum atomic E-state index is 0.503. The van der Waals surface area contributed by atoms with E-state index in [4.69, 9.17) is 15.2 Å². The van der Waals surface area contributed by atoms with Gasteiger partial charge in [0.1, 0.15) is 0 Å². The molecule has 25 heavy (non-hydrogen) atoms. The lowest BCUT2D eigenvalue weighted by molar-refractivity contribution is 0.313. The van der Waals surface area contributed by atoms with Crippen LogP contribution in [0.5, 0.6) is 11.5 Å². The van der Waals surface area contributed by atoms with E-state index in [1.807, 2.05) is 0 Å². The van der Waals surface area contributed by atoms with Gasteiger partial charge < -0.3 is 15.2 Å². The molecule has 0 saturated carbocycles. The largest absolute Gasteiger partial charge is 0.493 e. The van der Waals surface area contributed by atoms with Crippen molar-refractivity contribution in [3.8, 4) is 11.5 Å². The lowest BCUT2D eigenvalue weighted by atomic mass is 9.89. The van der Waals surface area contributed by atoms with E-state index in [1.165, 1.54) is 16.7 Å². The van der Waals surface area contributed by atoms with Gasteiger partial charge in [-0.15, -0.1) is 0 Å². The van der Waals surface area contributed by atoms with E-state index in [0.717, 1.165) is 37.7 Å². The Kier molecular flexibility index (Phi) is 5.61. The second-order valence-electron chi connectivity index (χ2n) is 6.84. The molecule has 4 heteroatoms. The molecule has 3 rings (SSSR count). The third kappa shape index (κ3) is 3.80. The van der Waals surface area contributed by atoms with Gasteiger partial charge in [-0.2, -0.15) is 0 Å². The zero-order valence-corrected chi connectivity index (χ0v) is 15.4. The van der Waals surface area contributed by atoms with Crippen molar-refractivity contribution in [3.63, 3.8) is 0 Å². The van der Waals surface area contributed by atoms with E-state index >= 15 is 0 Å². The summed E-state index contributed by atoms with van der Waals surface area (Å²) in [6.07, 6.45) is 0. The fourth-order valence-corrected chi connectivity index (χ4v) is 3.84. The number of benzene rings is 2. The SMILES string of the molecule is COc1cc(C)c(CN2C[C@@H](CN)[C@H](c3ccccc3)C2)cc1OC. The molecule has 2 atom stereocenters. The first-order chi connectivity index (χ1) is 12.2. The molecule has 2 aromatic carbocycles. The van der Waals surface area contributed by atoms with Crippen molar-refractivity contribution in [1.82, 2.24) is 4.90 Å². The highest BCUT2D eigenvalue weighted by Crippen LogP contribution is 2.35. The van der Waals surface area contributed by atoms with E-state index in [2.05, 4.69) is 54.3 Å². The Hall–Kier alpha value is -2.04. The van der Waals surface area contributed by atoms with E-state index in [1.54, 1.807) is 14.2 Å². The van der Waals surface area contributed by atoms with Gasteiger partial charge in [0.25, 0.3) is 0 Å². The molecule has 1 saturated heterocycles. The average molecular weight is 340 g/mol. The highest BCUT2D eigenvalue weighted by atomic mass is 16.5. The lowest BCUT2D eigenvalue weighted by Crippen LogP contribution is -2.23. The highest BCUT2D eigenvalue weighted by Gasteiger charge is 2.32. The minimum absolute atomic E-state index is 0.503. The van der Waals surface area contributed by atoms with Gasteiger partial charge in [0.15, 0.2) is 11.5 Å². The van der Waals surface area contributed by atoms with Crippen LogP contribution in [0.2, 0.25) is 0 Å². The number of hydrogen-bond donors (Lipinski definition) is 1. The van der Waals surface area contributed by atoms with Crippen LogP contribution in [0, 0.1) is 12.8 Å². The van der Waals surface area contributed by atoms with Gasteiger partial charge in [-0.3, -0.25) is 4.90 Å². The number of aryl methyl sites for hydroxylation is 1. The standard InChI is InChI=1S/C21H28N2O2/c1-15-9-20(24-2)21(25-3)10-17(15)12-23-13-18(11-22)19(14-23)16-7-5-4-6-8-16/h4-10,18-19H,11-14,22H2,1-3H3/t18-,19+/m1/s1. The zero-order chi connectivity index (χ0) is 17.8. The molecule has 0 aromatic heterocycles. The van der Waals surface area contributed by atoms with Crippen molar-refractivity contribution in [3.05, 3.63) is 59.2 Å². The number of hydrogen-bond acceptors (Lipinski definition) is 4. The van der Waals surface area contributed by atoms with Gasteiger partial charge in [0, 0.05) is 25.6 Å². The van der Waals surface area contributed by atoms with Gasteiger partial charge >= 0.3 is 0 Å². The third-order valence-electron chi connectivity index (χ3n) is 5.28. The Balaban J connectivity index is 1.78. The molecule has 0 spiro atoms. The van der Waals surface area contributed by atoms with Crippen molar-refractivity contribution < 1.29 is 9.47 Å². The number of ether oxygens (including phenoxy) is 2. The molecular weight excluding hydrogens is 312 g/mol. The van der Waals surface area contributed by atoms with E-state index in [0.29, 0.717) is 11.8 Å². The van der Waals surface area contributed by atoms with Crippen LogP contribution in [-0.2, 0) is 6.54 Å². The second kappa shape index (κ2) is 7.89. The molecular formula is C21H28N2O2. The fraction of sp³-hybridized carbons (Fsp3) is 0.429. The first kappa shape index (κ1) is 17.8. The van der Waals surface area contributed by atoms with Crippen LogP contribution in [-0.4, -0.2) is 38.8 Å². The van der Waals surface area contributed by atoms with Crippen molar-refractivity contribution in [2.24, 2.45) is 11.7 Å². The van der Waals surface area contributed by atoms with Crippen LogP contribution in [0.4, 0.5) is 0 Å². The topological polar surface area (TPSA) is 47.7 Å². The van der Waals surface area contributed by atoms with Gasteiger partial charge in [-0.1, -0.05) is 30.3 Å². The Morgan fingerprint density at radius 2 is 1.72 bits per heavy atom. The summed E-state index contributed by atoms with van der Waals surface area (Å²) < 4.78 is 10.9. The Bertz CT molecular complexity index is 703. The molecule has 1 fully saturated rings. The van der Waals surface area contributed by atoms with Gasteiger partial charge in [0.2, 0.25) is 0 Å². The summed E-state index contributed by atoms with van der Waals surface area (Å²) >= 11 is 0.